The Labute approximate surface area is 132 Å². The van der Waals surface area contributed by atoms with Crippen molar-refractivity contribution in [1.29, 1.82) is 0 Å². The maximum absolute atomic E-state index is 12.2. The Hall–Kier alpha value is -2.87. The van der Waals surface area contributed by atoms with Crippen LogP contribution in [0.3, 0.4) is 0 Å². The first kappa shape index (κ1) is 15.0. The average molecular weight is 331 g/mol. The number of nitrogens with two attached hydrogens (primary N) is 1. The van der Waals surface area contributed by atoms with Gasteiger partial charge in [0.25, 0.3) is 10.0 Å². The second-order valence-corrected chi connectivity index (χ2v) is 6.34. The van der Waals surface area contributed by atoms with Crippen LogP contribution in [0.4, 0.5) is 0 Å². The van der Waals surface area contributed by atoms with Crippen LogP contribution in [0.15, 0.2) is 50.8 Å². The highest BCUT2D eigenvalue weighted by Gasteiger charge is 2.31. The van der Waals surface area contributed by atoms with E-state index in [0.29, 0.717) is 16.7 Å². The minimum atomic E-state index is -3.76. The molecule has 8 heteroatoms. The van der Waals surface area contributed by atoms with Crippen molar-refractivity contribution in [3.63, 3.8) is 0 Å². The number of methoxy groups -OCH3 is 1. The SMILES string of the molecule is COc1c(O)ccc(C2=NS(=O)(=O)c3ccccc32)c1C=NN. The molecular formula is C15H13N3O4S. The zero-order valence-electron chi connectivity index (χ0n) is 12.1. The highest BCUT2D eigenvalue weighted by atomic mass is 32.2. The van der Waals surface area contributed by atoms with Crippen LogP contribution in [0.5, 0.6) is 11.5 Å². The molecule has 3 rings (SSSR count). The van der Waals surface area contributed by atoms with Gasteiger partial charge >= 0.3 is 0 Å². The van der Waals surface area contributed by atoms with Crippen LogP contribution in [0.1, 0.15) is 16.7 Å². The molecule has 0 amide bonds. The Morgan fingerprint density at radius 1 is 1.22 bits per heavy atom. The summed E-state index contributed by atoms with van der Waals surface area (Å²) in [6, 6.07) is 9.47. The Balaban J connectivity index is 2.33. The summed E-state index contributed by atoms with van der Waals surface area (Å²) in [5.41, 5.74) is 1.53. The number of benzene rings is 2. The molecule has 1 heterocycles. The van der Waals surface area contributed by atoms with E-state index in [1.807, 2.05) is 0 Å². The van der Waals surface area contributed by atoms with Crippen molar-refractivity contribution in [2.45, 2.75) is 4.90 Å². The minimum absolute atomic E-state index is 0.110. The van der Waals surface area contributed by atoms with Gasteiger partial charge in [-0.05, 0) is 18.2 Å². The zero-order chi connectivity index (χ0) is 16.6. The van der Waals surface area contributed by atoms with Crippen molar-refractivity contribution < 1.29 is 18.3 Å². The van der Waals surface area contributed by atoms with E-state index in [0.717, 1.165) is 0 Å². The Morgan fingerprint density at radius 3 is 2.65 bits per heavy atom. The molecule has 0 saturated heterocycles. The normalized spacial score (nSPS) is 15.4. The Kier molecular flexibility index (Phi) is 3.53. The van der Waals surface area contributed by atoms with Crippen molar-refractivity contribution >= 4 is 21.9 Å². The summed E-state index contributed by atoms with van der Waals surface area (Å²) in [6.45, 7) is 0. The molecule has 0 aromatic heterocycles. The molecule has 0 spiro atoms. The maximum atomic E-state index is 12.2. The topological polar surface area (TPSA) is 114 Å². The molecule has 0 unspecified atom stereocenters. The molecule has 0 radical (unpaired) electrons. The van der Waals surface area contributed by atoms with Crippen molar-refractivity contribution in [2.24, 2.45) is 15.3 Å². The van der Waals surface area contributed by atoms with Gasteiger partial charge in [-0.1, -0.05) is 18.2 Å². The Morgan fingerprint density at radius 2 is 1.96 bits per heavy atom. The van der Waals surface area contributed by atoms with E-state index in [1.165, 1.54) is 25.5 Å². The third kappa shape index (κ3) is 2.33. The molecule has 23 heavy (non-hydrogen) atoms. The van der Waals surface area contributed by atoms with Gasteiger partial charge in [-0.3, -0.25) is 0 Å². The van der Waals surface area contributed by atoms with Gasteiger partial charge < -0.3 is 15.7 Å². The van der Waals surface area contributed by atoms with Gasteiger partial charge in [0.15, 0.2) is 11.5 Å². The van der Waals surface area contributed by atoms with Crippen molar-refractivity contribution in [3.8, 4) is 11.5 Å². The molecule has 3 N–H and O–H groups in total. The molecule has 2 aromatic rings. The van der Waals surface area contributed by atoms with Crippen LogP contribution in [-0.2, 0) is 10.0 Å². The number of phenols is 1. The molecule has 0 fully saturated rings. The monoisotopic (exact) mass is 331 g/mol. The van der Waals surface area contributed by atoms with E-state index in [-0.39, 0.29) is 22.1 Å². The van der Waals surface area contributed by atoms with E-state index < -0.39 is 10.0 Å². The quantitative estimate of drug-likeness (QED) is 0.499. The molecule has 0 saturated carbocycles. The van der Waals surface area contributed by atoms with Gasteiger partial charge in [0, 0.05) is 16.7 Å². The van der Waals surface area contributed by atoms with Crippen LogP contribution < -0.4 is 10.6 Å². The lowest BCUT2D eigenvalue weighted by atomic mass is 9.97. The number of sulfonamides is 1. The van der Waals surface area contributed by atoms with E-state index in [1.54, 1.807) is 24.3 Å². The van der Waals surface area contributed by atoms with Crippen molar-refractivity contribution in [2.75, 3.05) is 7.11 Å². The van der Waals surface area contributed by atoms with Crippen molar-refractivity contribution in [3.05, 3.63) is 53.1 Å². The van der Waals surface area contributed by atoms with Gasteiger partial charge in [0.1, 0.15) is 0 Å². The second-order valence-electron chi connectivity index (χ2n) is 4.77. The number of hydrazone groups is 1. The van der Waals surface area contributed by atoms with Crippen LogP contribution in [0.2, 0.25) is 0 Å². The molecule has 0 atom stereocenters. The standard InChI is InChI=1S/C15H13N3O4S/c1-22-15-11(8-17-16)9(6-7-12(15)19)14-10-4-2-3-5-13(10)23(20,21)18-14/h2-8,19H,16H2,1H3. The number of phenolic OH excluding ortho intramolecular Hbond substituents is 1. The summed E-state index contributed by atoms with van der Waals surface area (Å²) in [5.74, 6) is 5.25. The molecule has 0 aliphatic carbocycles. The lowest BCUT2D eigenvalue weighted by molar-refractivity contribution is 0.373. The first-order valence-electron chi connectivity index (χ1n) is 6.57. The number of aromatic hydroxyl groups is 1. The van der Waals surface area contributed by atoms with Gasteiger partial charge in [0.05, 0.1) is 23.9 Å². The van der Waals surface area contributed by atoms with E-state index >= 15 is 0 Å². The van der Waals surface area contributed by atoms with Gasteiger partial charge in [0.2, 0.25) is 0 Å². The van der Waals surface area contributed by atoms with Gasteiger partial charge in [-0.15, -0.1) is 0 Å². The fourth-order valence-electron chi connectivity index (χ4n) is 2.51. The predicted molar refractivity (Wildman–Crippen MR) is 85.7 cm³/mol. The Bertz CT molecular complexity index is 949. The predicted octanol–water partition coefficient (Wildman–Crippen LogP) is 1.23. The van der Waals surface area contributed by atoms with Crippen molar-refractivity contribution in [1.82, 2.24) is 0 Å². The van der Waals surface area contributed by atoms with Crippen LogP contribution >= 0.6 is 0 Å². The molecule has 1 aliphatic rings. The third-order valence-electron chi connectivity index (χ3n) is 3.47. The number of hydrogen-bond donors (Lipinski definition) is 2. The molecule has 1 aliphatic heterocycles. The van der Waals surface area contributed by atoms with E-state index in [2.05, 4.69) is 9.50 Å². The average Bonchev–Trinajstić information content (AvgIpc) is 2.80. The molecular weight excluding hydrogens is 318 g/mol. The smallest absolute Gasteiger partial charge is 0.283 e. The first-order chi connectivity index (χ1) is 11.0. The third-order valence-corrected chi connectivity index (χ3v) is 4.80. The largest absolute Gasteiger partial charge is 0.504 e. The highest BCUT2D eigenvalue weighted by molar-refractivity contribution is 7.90. The summed E-state index contributed by atoms with van der Waals surface area (Å²) < 4.78 is 33.4. The minimum Gasteiger partial charge on any atom is -0.504 e. The fraction of sp³-hybridized carbons (Fsp3) is 0.0667. The summed E-state index contributed by atoms with van der Waals surface area (Å²) in [5, 5.41) is 13.4. The molecule has 2 aromatic carbocycles. The summed E-state index contributed by atoms with van der Waals surface area (Å²) in [7, 11) is -2.37. The second kappa shape index (κ2) is 5.40. The highest BCUT2D eigenvalue weighted by Crippen LogP contribution is 2.36. The molecule has 0 bridgehead atoms. The van der Waals surface area contributed by atoms with Crippen LogP contribution in [0.25, 0.3) is 0 Å². The molecule has 118 valence electrons. The number of rotatable bonds is 3. The van der Waals surface area contributed by atoms with Crippen LogP contribution in [-0.4, -0.2) is 32.6 Å². The number of nitrogens with zero attached hydrogens (tertiary/aromatic N) is 2. The van der Waals surface area contributed by atoms with Crippen LogP contribution in [0, 0.1) is 0 Å². The summed E-state index contributed by atoms with van der Waals surface area (Å²) in [6.07, 6.45) is 1.28. The van der Waals surface area contributed by atoms with Gasteiger partial charge in [-0.2, -0.15) is 17.9 Å². The summed E-state index contributed by atoms with van der Waals surface area (Å²) in [4.78, 5) is 0.137. The molecule has 7 nitrogen and oxygen atoms in total. The maximum Gasteiger partial charge on any atom is 0.283 e. The van der Waals surface area contributed by atoms with E-state index in [9.17, 15) is 13.5 Å². The number of ether oxygens (including phenoxy) is 1. The number of hydrogen-bond acceptors (Lipinski definition) is 6. The first-order valence-corrected chi connectivity index (χ1v) is 8.01. The summed E-state index contributed by atoms with van der Waals surface area (Å²) >= 11 is 0. The van der Waals surface area contributed by atoms with E-state index in [4.69, 9.17) is 10.6 Å². The fourth-order valence-corrected chi connectivity index (χ4v) is 3.74. The number of fused-ring (bicyclic) bond motifs is 1. The lowest BCUT2D eigenvalue weighted by Gasteiger charge is -2.12. The van der Waals surface area contributed by atoms with Gasteiger partial charge in [-0.25, -0.2) is 0 Å². The zero-order valence-corrected chi connectivity index (χ0v) is 12.9. The lowest BCUT2D eigenvalue weighted by Crippen LogP contribution is -2.07.